The third-order valence-corrected chi connectivity index (χ3v) is 10.5. The van der Waals surface area contributed by atoms with Gasteiger partial charge in [0.05, 0.1) is 26.9 Å². The van der Waals surface area contributed by atoms with Gasteiger partial charge in [-0.3, -0.25) is 4.79 Å². The van der Waals surface area contributed by atoms with Crippen LogP contribution in [0.25, 0.3) is 0 Å². The lowest BCUT2D eigenvalue weighted by molar-refractivity contribution is 0.102. The Morgan fingerprint density at radius 2 is 1.87 bits per heavy atom. The summed E-state index contributed by atoms with van der Waals surface area (Å²) in [5, 5.41) is 20.5. The molecule has 232 valence electrons. The minimum absolute atomic E-state index is 0.00229. The number of thiazole rings is 1. The molecule has 0 bridgehead atoms. The predicted octanol–water partition coefficient (Wildman–Crippen LogP) is 6.21. The number of nitrogens with one attached hydrogen (secondary N) is 2. The van der Waals surface area contributed by atoms with Gasteiger partial charge in [-0.15, -0.1) is 16.4 Å². The largest absolute Gasteiger partial charge is 0.484 e. The highest BCUT2D eigenvalue weighted by molar-refractivity contribution is 7.91. The summed E-state index contributed by atoms with van der Waals surface area (Å²) >= 11 is 7.57. The number of hydrogen-bond acceptors (Lipinski definition) is 9. The second-order valence-corrected chi connectivity index (χ2v) is 14.4. The van der Waals surface area contributed by atoms with Crippen molar-refractivity contribution in [3.63, 3.8) is 0 Å². The summed E-state index contributed by atoms with van der Waals surface area (Å²) in [6.45, 7) is 0.0712. The normalized spacial score (nSPS) is 13.1. The van der Waals surface area contributed by atoms with Crippen LogP contribution in [0.5, 0.6) is 5.75 Å². The van der Waals surface area contributed by atoms with Gasteiger partial charge in [-0.05, 0) is 96.1 Å². The number of rotatable bonds is 14. The van der Waals surface area contributed by atoms with E-state index in [1.165, 1.54) is 30.7 Å². The van der Waals surface area contributed by atoms with E-state index in [0.29, 0.717) is 53.0 Å². The van der Waals surface area contributed by atoms with E-state index in [2.05, 4.69) is 31.3 Å². The van der Waals surface area contributed by atoms with E-state index in [0.717, 1.165) is 22.6 Å². The summed E-state index contributed by atoms with van der Waals surface area (Å²) in [7, 11) is -3.43. The van der Waals surface area contributed by atoms with Crippen LogP contribution in [-0.2, 0) is 35.7 Å². The number of amides is 1. The predicted molar refractivity (Wildman–Crippen MR) is 173 cm³/mol. The number of carbonyl (C=O) groups is 1. The van der Waals surface area contributed by atoms with Gasteiger partial charge >= 0.3 is 0 Å². The van der Waals surface area contributed by atoms with E-state index in [4.69, 9.17) is 21.3 Å². The molecule has 10 nitrogen and oxygen atoms in total. The van der Waals surface area contributed by atoms with Crippen molar-refractivity contribution in [3.05, 3.63) is 110 Å². The third-order valence-electron chi connectivity index (χ3n) is 7.49. The molecule has 6 rings (SSSR count). The van der Waals surface area contributed by atoms with Gasteiger partial charge in [0.25, 0.3) is 5.91 Å². The first-order valence-electron chi connectivity index (χ1n) is 14.6. The highest BCUT2D eigenvalue weighted by Crippen LogP contribution is 2.40. The zero-order chi connectivity index (χ0) is 31.2. The Morgan fingerprint density at radius 1 is 1.04 bits per heavy atom. The Balaban J connectivity index is 1.13. The average molecular weight is 663 g/mol. The van der Waals surface area contributed by atoms with Crippen LogP contribution in [0.15, 0.2) is 77.0 Å². The number of carbonyl (C=O) groups excluding carboxylic acids is 1. The van der Waals surface area contributed by atoms with Crippen molar-refractivity contribution in [1.29, 1.82) is 0 Å². The van der Waals surface area contributed by atoms with Crippen LogP contribution in [0.2, 0.25) is 5.02 Å². The van der Waals surface area contributed by atoms with E-state index in [-0.39, 0.29) is 23.2 Å². The number of anilines is 1. The van der Waals surface area contributed by atoms with Crippen molar-refractivity contribution in [3.8, 4) is 5.75 Å². The number of sulfone groups is 1. The van der Waals surface area contributed by atoms with Gasteiger partial charge in [0.15, 0.2) is 15.7 Å². The number of aryl methyl sites for hydroxylation is 3. The van der Waals surface area contributed by atoms with Gasteiger partial charge in [-0.25, -0.2) is 18.5 Å². The van der Waals surface area contributed by atoms with Crippen molar-refractivity contribution in [1.82, 2.24) is 25.6 Å². The molecule has 2 N–H and O–H groups in total. The van der Waals surface area contributed by atoms with Crippen molar-refractivity contribution in [2.75, 3.05) is 11.1 Å². The topological polar surface area (TPSA) is 140 Å². The number of aromatic nitrogens is 5. The van der Waals surface area contributed by atoms with Crippen LogP contribution in [0.4, 0.5) is 5.69 Å². The molecule has 0 radical (unpaired) electrons. The average Bonchev–Trinajstić information content (AvgIpc) is 3.53. The fraction of sp³-hybridized carbons (Fsp3) is 0.281. The second kappa shape index (κ2) is 13.9. The zero-order valence-corrected chi connectivity index (χ0v) is 26.7. The van der Waals surface area contributed by atoms with E-state index in [9.17, 15) is 13.2 Å². The minimum atomic E-state index is -3.43. The maximum absolute atomic E-state index is 13.6. The molecule has 0 aliphatic heterocycles. The van der Waals surface area contributed by atoms with E-state index in [1.807, 2.05) is 30.3 Å². The molecular formula is C32H31ClN6O4S2. The monoisotopic (exact) mass is 662 g/mol. The number of halogens is 1. The molecule has 0 atom stereocenters. The standard InChI is InChI=1S/C32H31ClN6O4S2/c33-24-12-14-26(15-13-24)45(41,42)17-3-5-21-4-1-7-25(18-21)34-32(40)27-8-2-6-23(31(27)43-19-29-36-38-39-37-29)11-16-30-35-28(20-44-30)22-9-10-22/h1-2,4,6-8,12-15,18,20,22H,3,5,9-11,16-17,19H2,(H,34,40)(H,36,37,38,39). The summed E-state index contributed by atoms with van der Waals surface area (Å²) in [6.07, 6.45) is 4.77. The van der Waals surface area contributed by atoms with Gasteiger partial charge in [-0.2, -0.15) is 0 Å². The van der Waals surface area contributed by atoms with Crippen LogP contribution in [0, 0.1) is 0 Å². The fourth-order valence-electron chi connectivity index (χ4n) is 4.99. The highest BCUT2D eigenvalue weighted by atomic mass is 35.5. The summed E-state index contributed by atoms with van der Waals surface area (Å²) in [6, 6.07) is 19.1. The first-order chi connectivity index (χ1) is 21.8. The van der Waals surface area contributed by atoms with Crippen LogP contribution in [0.1, 0.15) is 63.2 Å². The van der Waals surface area contributed by atoms with Gasteiger partial charge in [-0.1, -0.05) is 35.9 Å². The van der Waals surface area contributed by atoms with Crippen molar-refractivity contribution < 1.29 is 17.9 Å². The smallest absolute Gasteiger partial charge is 0.259 e. The Kier molecular flexibility index (Phi) is 9.53. The Hall–Kier alpha value is -4.13. The molecular weight excluding hydrogens is 632 g/mol. The number of nitrogens with zero attached hydrogens (tertiary/aromatic N) is 4. The molecule has 0 saturated heterocycles. The van der Waals surface area contributed by atoms with E-state index < -0.39 is 9.84 Å². The molecule has 45 heavy (non-hydrogen) atoms. The van der Waals surface area contributed by atoms with Gasteiger partial charge in [0.2, 0.25) is 0 Å². The van der Waals surface area contributed by atoms with Gasteiger partial charge in [0, 0.05) is 28.4 Å². The maximum Gasteiger partial charge on any atom is 0.259 e. The summed E-state index contributed by atoms with van der Waals surface area (Å²) in [5.41, 5.74) is 3.97. The minimum Gasteiger partial charge on any atom is -0.484 e. The molecule has 1 fully saturated rings. The summed E-state index contributed by atoms with van der Waals surface area (Å²) in [4.78, 5) is 18.7. The number of aromatic amines is 1. The number of benzene rings is 3. The third kappa shape index (κ3) is 8.13. The first kappa shape index (κ1) is 30.9. The molecule has 1 saturated carbocycles. The maximum atomic E-state index is 13.6. The molecule has 0 spiro atoms. The lowest BCUT2D eigenvalue weighted by Gasteiger charge is -2.15. The fourth-order valence-corrected chi connectivity index (χ4v) is 7.31. The highest BCUT2D eigenvalue weighted by Gasteiger charge is 2.26. The van der Waals surface area contributed by atoms with Crippen molar-refractivity contribution in [2.24, 2.45) is 0 Å². The number of para-hydroxylation sites is 1. The molecule has 0 unspecified atom stereocenters. The molecule has 3 aromatic carbocycles. The van der Waals surface area contributed by atoms with Gasteiger partial charge < -0.3 is 10.1 Å². The van der Waals surface area contributed by atoms with Crippen LogP contribution >= 0.6 is 22.9 Å². The quantitative estimate of drug-likeness (QED) is 0.143. The summed E-state index contributed by atoms with van der Waals surface area (Å²) < 4.78 is 31.6. The van der Waals surface area contributed by atoms with E-state index in [1.54, 1.807) is 35.6 Å². The Labute approximate surface area is 270 Å². The lowest BCUT2D eigenvalue weighted by Crippen LogP contribution is -2.15. The van der Waals surface area contributed by atoms with Crippen LogP contribution in [-0.4, -0.2) is 45.7 Å². The number of hydrogen-bond donors (Lipinski definition) is 2. The molecule has 1 aliphatic carbocycles. The molecule has 1 aliphatic rings. The summed E-state index contributed by atoms with van der Waals surface area (Å²) in [5.74, 6) is 1.19. The second-order valence-electron chi connectivity index (χ2n) is 10.9. The SMILES string of the molecule is O=C(Nc1cccc(CCCS(=O)(=O)c2ccc(Cl)cc2)c1)c1cccc(CCc2nc(C3CC3)cs2)c1OCc1nnn[nH]1. The van der Waals surface area contributed by atoms with Gasteiger partial charge in [0.1, 0.15) is 12.4 Å². The Bertz CT molecular complexity index is 1870. The molecule has 2 heterocycles. The lowest BCUT2D eigenvalue weighted by atomic mass is 10.0. The molecule has 13 heteroatoms. The van der Waals surface area contributed by atoms with E-state index >= 15 is 0 Å². The number of ether oxygens (including phenoxy) is 1. The molecule has 2 aromatic heterocycles. The van der Waals surface area contributed by atoms with Crippen molar-refractivity contribution >= 4 is 44.4 Å². The van der Waals surface area contributed by atoms with Crippen LogP contribution < -0.4 is 10.1 Å². The Morgan fingerprint density at radius 3 is 2.64 bits per heavy atom. The van der Waals surface area contributed by atoms with Crippen LogP contribution in [0.3, 0.4) is 0 Å². The first-order valence-corrected chi connectivity index (χ1v) is 17.6. The molecule has 1 amide bonds. The molecule has 5 aromatic rings. The zero-order valence-electron chi connectivity index (χ0n) is 24.3. The van der Waals surface area contributed by atoms with Crippen molar-refractivity contribution in [2.45, 2.75) is 55.9 Å². The number of tetrazole rings is 1. The number of H-pyrrole nitrogens is 1.